The Balaban J connectivity index is 1.96. The lowest BCUT2D eigenvalue weighted by atomic mass is 9.95. The molecule has 0 spiro atoms. The summed E-state index contributed by atoms with van der Waals surface area (Å²) < 4.78 is 5.21. The molecule has 6 nitrogen and oxygen atoms in total. The Morgan fingerprint density at radius 1 is 1.03 bits per heavy atom. The fraction of sp³-hybridized carbons (Fsp3) is 0.0870. The van der Waals surface area contributed by atoms with Gasteiger partial charge in [0.25, 0.3) is 11.7 Å². The zero-order valence-electron chi connectivity index (χ0n) is 16.3. The van der Waals surface area contributed by atoms with Gasteiger partial charge in [-0.1, -0.05) is 23.2 Å². The molecule has 1 aliphatic rings. The van der Waals surface area contributed by atoms with Gasteiger partial charge in [-0.15, -0.1) is 0 Å². The number of benzene rings is 2. The largest absolute Gasteiger partial charge is 0.507 e. The molecule has 1 fully saturated rings. The first-order valence-electron chi connectivity index (χ1n) is 9.22. The fourth-order valence-electron chi connectivity index (χ4n) is 3.52. The summed E-state index contributed by atoms with van der Waals surface area (Å²) >= 11 is 12.3. The van der Waals surface area contributed by atoms with Gasteiger partial charge >= 0.3 is 0 Å². The molecule has 1 unspecified atom stereocenters. The van der Waals surface area contributed by atoms with Gasteiger partial charge in [-0.2, -0.15) is 0 Å². The number of pyridine rings is 1. The van der Waals surface area contributed by atoms with E-state index in [0.717, 1.165) is 0 Å². The lowest BCUT2D eigenvalue weighted by Crippen LogP contribution is -2.29. The van der Waals surface area contributed by atoms with Gasteiger partial charge in [0.05, 0.1) is 23.7 Å². The molecule has 0 bridgehead atoms. The molecule has 1 amide bonds. The van der Waals surface area contributed by atoms with Crippen LogP contribution in [0.25, 0.3) is 5.76 Å². The molecule has 1 aromatic heterocycles. The first-order chi connectivity index (χ1) is 14.9. The van der Waals surface area contributed by atoms with E-state index in [-0.39, 0.29) is 21.9 Å². The number of ketones is 1. The lowest BCUT2D eigenvalue weighted by molar-refractivity contribution is -0.132. The monoisotopic (exact) mass is 454 g/mol. The summed E-state index contributed by atoms with van der Waals surface area (Å²) in [5.41, 5.74) is 1.17. The number of aliphatic hydroxyl groups is 1. The highest BCUT2D eigenvalue weighted by molar-refractivity contribution is 6.52. The Morgan fingerprint density at radius 3 is 2.35 bits per heavy atom. The van der Waals surface area contributed by atoms with Crippen molar-refractivity contribution in [3.8, 4) is 5.75 Å². The van der Waals surface area contributed by atoms with Crippen molar-refractivity contribution in [2.75, 3.05) is 12.0 Å². The number of ether oxygens (including phenoxy) is 1. The van der Waals surface area contributed by atoms with E-state index in [0.29, 0.717) is 22.0 Å². The average molecular weight is 455 g/mol. The standard InChI is InChI=1S/C23H16Cl2N2O4/c1-31-16-6-7-18(25)17(12-16)21(28)19-20(13-8-10-26-11-9-13)27(23(30)22(19)29)15-4-2-14(24)3-5-15/h2-12,20,28H,1H3/b21-19+. The Morgan fingerprint density at radius 2 is 1.71 bits per heavy atom. The zero-order valence-corrected chi connectivity index (χ0v) is 17.8. The topological polar surface area (TPSA) is 79.7 Å². The van der Waals surface area contributed by atoms with E-state index in [1.807, 2.05) is 0 Å². The summed E-state index contributed by atoms with van der Waals surface area (Å²) in [6, 6.07) is 13.7. The Bertz CT molecular complexity index is 1190. The Labute approximate surface area is 188 Å². The van der Waals surface area contributed by atoms with Crippen LogP contribution in [-0.2, 0) is 9.59 Å². The third-order valence-electron chi connectivity index (χ3n) is 5.00. The van der Waals surface area contributed by atoms with Gasteiger partial charge in [0.15, 0.2) is 0 Å². The van der Waals surface area contributed by atoms with E-state index in [4.69, 9.17) is 27.9 Å². The van der Waals surface area contributed by atoms with Gasteiger partial charge in [0.1, 0.15) is 11.5 Å². The highest BCUT2D eigenvalue weighted by Gasteiger charge is 2.47. The SMILES string of the molecule is COc1ccc(Cl)c(/C(O)=C2\C(=O)C(=O)N(c3ccc(Cl)cc3)C2c2ccncc2)c1. The molecule has 0 radical (unpaired) electrons. The number of hydrogen-bond acceptors (Lipinski definition) is 5. The summed E-state index contributed by atoms with van der Waals surface area (Å²) in [7, 11) is 1.48. The van der Waals surface area contributed by atoms with Gasteiger partial charge in [0.2, 0.25) is 0 Å². The minimum atomic E-state index is -0.883. The maximum absolute atomic E-state index is 13.1. The van der Waals surface area contributed by atoms with Crippen LogP contribution in [-0.4, -0.2) is 28.9 Å². The maximum atomic E-state index is 13.1. The predicted octanol–water partition coefficient (Wildman–Crippen LogP) is 5.02. The number of carbonyl (C=O) groups excluding carboxylic acids is 2. The van der Waals surface area contributed by atoms with Crippen molar-refractivity contribution in [2.24, 2.45) is 0 Å². The van der Waals surface area contributed by atoms with Gasteiger partial charge in [0, 0.05) is 28.7 Å². The van der Waals surface area contributed by atoms with Crippen LogP contribution in [0.5, 0.6) is 5.75 Å². The van der Waals surface area contributed by atoms with Crippen LogP contribution in [0, 0.1) is 0 Å². The number of aliphatic hydroxyl groups excluding tert-OH is 1. The van der Waals surface area contributed by atoms with Crippen LogP contribution in [0.2, 0.25) is 10.0 Å². The maximum Gasteiger partial charge on any atom is 0.300 e. The highest BCUT2D eigenvalue weighted by atomic mass is 35.5. The number of aromatic nitrogens is 1. The predicted molar refractivity (Wildman–Crippen MR) is 118 cm³/mol. The summed E-state index contributed by atoms with van der Waals surface area (Å²) in [6.07, 6.45) is 3.10. The third kappa shape index (κ3) is 3.76. The van der Waals surface area contributed by atoms with Gasteiger partial charge in [-0.3, -0.25) is 19.5 Å². The number of anilines is 1. The normalized spacial score (nSPS) is 17.8. The second kappa shape index (κ2) is 8.41. The molecule has 2 aromatic carbocycles. The number of amides is 1. The zero-order chi connectivity index (χ0) is 22.1. The molecule has 0 aliphatic carbocycles. The lowest BCUT2D eigenvalue weighted by Gasteiger charge is -2.25. The van der Waals surface area contributed by atoms with Crippen molar-refractivity contribution in [1.29, 1.82) is 0 Å². The number of nitrogens with zero attached hydrogens (tertiary/aromatic N) is 2. The van der Waals surface area contributed by atoms with Crippen LogP contribution in [0.4, 0.5) is 5.69 Å². The van der Waals surface area contributed by atoms with Crippen molar-refractivity contribution in [2.45, 2.75) is 6.04 Å². The number of Topliss-reactive ketones (excluding diaryl/α,β-unsaturated/α-hetero) is 1. The van der Waals surface area contributed by atoms with Crippen LogP contribution in [0.3, 0.4) is 0 Å². The minimum absolute atomic E-state index is 0.0821. The molecule has 31 heavy (non-hydrogen) atoms. The van der Waals surface area contributed by atoms with Gasteiger partial charge < -0.3 is 9.84 Å². The first kappa shape index (κ1) is 20.9. The molecule has 4 rings (SSSR count). The molecule has 8 heteroatoms. The van der Waals surface area contributed by atoms with E-state index in [1.54, 1.807) is 60.9 Å². The molecule has 1 N–H and O–H groups in total. The molecule has 3 aromatic rings. The Kier molecular flexibility index (Phi) is 5.67. The molecular weight excluding hydrogens is 439 g/mol. The first-order valence-corrected chi connectivity index (χ1v) is 9.98. The van der Waals surface area contributed by atoms with Crippen molar-refractivity contribution >= 4 is 46.3 Å². The molecule has 2 heterocycles. The molecule has 1 aliphatic heterocycles. The van der Waals surface area contributed by atoms with Crippen molar-refractivity contribution in [3.63, 3.8) is 0 Å². The number of rotatable bonds is 4. The molecule has 156 valence electrons. The molecular formula is C23H16Cl2N2O4. The summed E-state index contributed by atoms with van der Waals surface area (Å²) in [4.78, 5) is 31.5. The van der Waals surface area contributed by atoms with Crippen molar-refractivity contribution < 1.29 is 19.4 Å². The second-order valence-electron chi connectivity index (χ2n) is 6.77. The average Bonchev–Trinajstić information content (AvgIpc) is 3.05. The van der Waals surface area contributed by atoms with E-state index in [9.17, 15) is 14.7 Å². The molecule has 0 saturated carbocycles. The number of halogens is 2. The highest BCUT2D eigenvalue weighted by Crippen LogP contribution is 2.43. The van der Waals surface area contributed by atoms with Crippen LogP contribution < -0.4 is 9.64 Å². The van der Waals surface area contributed by atoms with Crippen molar-refractivity contribution in [3.05, 3.63) is 93.7 Å². The molecule has 1 atom stereocenters. The smallest absolute Gasteiger partial charge is 0.300 e. The van der Waals surface area contributed by atoms with E-state index in [2.05, 4.69) is 4.98 Å². The van der Waals surface area contributed by atoms with E-state index >= 15 is 0 Å². The van der Waals surface area contributed by atoms with E-state index in [1.165, 1.54) is 18.1 Å². The second-order valence-corrected chi connectivity index (χ2v) is 7.62. The summed E-state index contributed by atoms with van der Waals surface area (Å²) in [5.74, 6) is -1.54. The fourth-order valence-corrected chi connectivity index (χ4v) is 3.85. The summed E-state index contributed by atoms with van der Waals surface area (Å²) in [6.45, 7) is 0. The quantitative estimate of drug-likeness (QED) is 0.340. The van der Waals surface area contributed by atoms with Crippen LogP contribution in [0.15, 0.2) is 72.6 Å². The third-order valence-corrected chi connectivity index (χ3v) is 5.58. The van der Waals surface area contributed by atoms with Crippen molar-refractivity contribution in [1.82, 2.24) is 4.98 Å². The van der Waals surface area contributed by atoms with Gasteiger partial charge in [-0.05, 0) is 60.2 Å². The number of methoxy groups -OCH3 is 1. The number of hydrogen-bond donors (Lipinski definition) is 1. The molecule has 1 saturated heterocycles. The van der Waals surface area contributed by atoms with Crippen LogP contribution in [0.1, 0.15) is 17.2 Å². The minimum Gasteiger partial charge on any atom is -0.507 e. The van der Waals surface area contributed by atoms with E-state index < -0.39 is 17.7 Å². The van der Waals surface area contributed by atoms with Gasteiger partial charge in [-0.25, -0.2) is 0 Å². The van der Waals surface area contributed by atoms with Crippen LogP contribution >= 0.6 is 23.2 Å². The number of carbonyl (C=O) groups is 2. The Hall–Kier alpha value is -3.35. The summed E-state index contributed by atoms with van der Waals surface area (Å²) in [5, 5.41) is 11.9.